The highest BCUT2D eigenvalue weighted by atomic mass is 127. The summed E-state index contributed by atoms with van der Waals surface area (Å²) in [4.78, 5) is 7.95. The van der Waals surface area contributed by atoms with Crippen LogP contribution in [0.15, 0.2) is 30.6 Å². The number of benzene rings is 1. The second kappa shape index (κ2) is 4.84. The van der Waals surface area contributed by atoms with Crippen LogP contribution in [0, 0.1) is 9.52 Å². The third-order valence-electron chi connectivity index (χ3n) is 2.16. The highest BCUT2D eigenvalue weighted by molar-refractivity contribution is 14.1. The Morgan fingerprint density at radius 1 is 1.31 bits per heavy atom. The number of rotatable bonds is 2. The van der Waals surface area contributed by atoms with Crippen LogP contribution in [-0.4, -0.2) is 15.1 Å². The van der Waals surface area contributed by atoms with E-state index >= 15 is 0 Å². The molecule has 0 atom stereocenters. The van der Waals surface area contributed by atoms with E-state index in [-0.39, 0.29) is 12.4 Å². The molecular weight excluding hydrogens is 322 g/mol. The quantitative estimate of drug-likeness (QED) is 0.679. The van der Waals surface area contributed by atoms with Crippen molar-refractivity contribution in [3.63, 3.8) is 0 Å². The van der Waals surface area contributed by atoms with E-state index in [1.807, 2.05) is 22.6 Å². The highest BCUT2D eigenvalue weighted by Gasteiger charge is 2.11. The Balaban J connectivity index is 2.63. The van der Waals surface area contributed by atoms with Gasteiger partial charge in [-0.15, -0.1) is 0 Å². The number of hydrogen-bond donors (Lipinski definition) is 1. The molecule has 1 heterocycles. The van der Waals surface area contributed by atoms with Crippen molar-refractivity contribution in [1.29, 1.82) is 0 Å². The molecule has 16 heavy (non-hydrogen) atoms. The fraction of sp³-hybridized carbons (Fsp3) is 0.0909. The van der Waals surface area contributed by atoms with Crippen LogP contribution >= 0.6 is 22.6 Å². The van der Waals surface area contributed by atoms with Gasteiger partial charge in [0.05, 0.1) is 12.3 Å². The zero-order valence-corrected chi connectivity index (χ0v) is 10.3. The molecule has 1 aromatic carbocycles. The number of halogens is 2. The minimum Gasteiger partial charge on any atom is -0.392 e. The molecule has 0 saturated carbocycles. The van der Waals surface area contributed by atoms with Crippen molar-refractivity contribution < 1.29 is 9.50 Å². The fourth-order valence-corrected chi connectivity index (χ4v) is 1.88. The van der Waals surface area contributed by atoms with Crippen LogP contribution in [0.4, 0.5) is 4.39 Å². The van der Waals surface area contributed by atoms with Crippen molar-refractivity contribution in [2.75, 3.05) is 0 Å². The van der Waals surface area contributed by atoms with E-state index in [4.69, 9.17) is 5.11 Å². The van der Waals surface area contributed by atoms with E-state index < -0.39 is 0 Å². The number of nitrogens with zero attached hydrogens (tertiary/aromatic N) is 2. The third-order valence-corrected chi connectivity index (χ3v) is 2.75. The Morgan fingerprint density at radius 2 is 2.12 bits per heavy atom. The van der Waals surface area contributed by atoms with Gasteiger partial charge in [-0.1, -0.05) is 12.1 Å². The molecule has 2 aromatic rings. The molecule has 0 aliphatic carbocycles. The van der Waals surface area contributed by atoms with Crippen LogP contribution < -0.4 is 0 Å². The summed E-state index contributed by atoms with van der Waals surface area (Å²) in [6, 6.07) is 6.27. The SMILES string of the molecule is OCc1cccc(F)c1-c1cc(I)ncn1. The van der Waals surface area contributed by atoms with E-state index in [1.165, 1.54) is 12.4 Å². The molecule has 0 spiro atoms. The Labute approximate surface area is 106 Å². The lowest BCUT2D eigenvalue weighted by Crippen LogP contribution is -1.96. The summed E-state index contributed by atoms with van der Waals surface area (Å²) in [7, 11) is 0. The minimum atomic E-state index is -0.388. The van der Waals surface area contributed by atoms with Gasteiger partial charge in [0.25, 0.3) is 0 Å². The van der Waals surface area contributed by atoms with E-state index in [0.717, 1.165) is 3.70 Å². The van der Waals surface area contributed by atoms with Crippen molar-refractivity contribution in [1.82, 2.24) is 9.97 Å². The second-order valence-corrected chi connectivity index (χ2v) is 4.26. The lowest BCUT2D eigenvalue weighted by molar-refractivity contribution is 0.282. The van der Waals surface area contributed by atoms with Crippen LogP contribution in [0.3, 0.4) is 0 Å². The molecule has 0 bridgehead atoms. The van der Waals surface area contributed by atoms with E-state index in [0.29, 0.717) is 16.8 Å². The van der Waals surface area contributed by atoms with Crippen LogP contribution in [-0.2, 0) is 6.61 Å². The summed E-state index contributed by atoms with van der Waals surface area (Å²) >= 11 is 2.03. The molecule has 1 N–H and O–H groups in total. The van der Waals surface area contributed by atoms with Gasteiger partial charge in [0.2, 0.25) is 0 Å². The Kier molecular flexibility index (Phi) is 3.45. The monoisotopic (exact) mass is 330 g/mol. The van der Waals surface area contributed by atoms with Gasteiger partial charge in [0, 0.05) is 5.56 Å². The first-order chi connectivity index (χ1) is 7.72. The predicted octanol–water partition coefficient (Wildman–Crippen LogP) is 2.38. The largest absolute Gasteiger partial charge is 0.392 e. The van der Waals surface area contributed by atoms with Gasteiger partial charge >= 0.3 is 0 Å². The molecule has 0 radical (unpaired) electrons. The Morgan fingerprint density at radius 3 is 2.81 bits per heavy atom. The fourth-order valence-electron chi connectivity index (χ4n) is 1.46. The molecule has 82 valence electrons. The molecular formula is C11H8FIN2O. The average Bonchev–Trinajstić information content (AvgIpc) is 2.28. The third kappa shape index (κ3) is 2.19. The first kappa shape index (κ1) is 11.4. The zero-order valence-electron chi connectivity index (χ0n) is 8.19. The molecule has 2 rings (SSSR count). The van der Waals surface area contributed by atoms with E-state index in [9.17, 15) is 4.39 Å². The summed E-state index contributed by atoms with van der Waals surface area (Å²) in [6.45, 7) is -0.215. The van der Waals surface area contributed by atoms with Crippen molar-refractivity contribution in [2.45, 2.75) is 6.61 Å². The molecule has 0 saturated heterocycles. The van der Waals surface area contributed by atoms with Gasteiger partial charge in [0.15, 0.2) is 0 Å². The van der Waals surface area contributed by atoms with Gasteiger partial charge in [-0.25, -0.2) is 14.4 Å². The van der Waals surface area contributed by atoms with Crippen molar-refractivity contribution in [3.8, 4) is 11.3 Å². The van der Waals surface area contributed by atoms with Crippen molar-refractivity contribution >= 4 is 22.6 Å². The number of hydrogen-bond acceptors (Lipinski definition) is 3. The Hall–Kier alpha value is -1.08. The number of aromatic nitrogens is 2. The summed E-state index contributed by atoms with van der Waals surface area (Å²) in [5.41, 5.74) is 1.35. The maximum atomic E-state index is 13.7. The standard InChI is InChI=1S/C11H8FIN2O/c12-8-3-1-2-7(5-16)11(8)9-4-10(13)15-6-14-9/h1-4,6,16H,5H2. The van der Waals surface area contributed by atoms with E-state index in [2.05, 4.69) is 9.97 Å². The highest BCUT2D eigenvalue weighted by Crippen LogP contribution is 2.25. The lowest BCUT2D eigenvalue weighted by atomic mass is 10.0. The van der Waals surface area contributed by atoms with E-state index in [1.54, 1.807) is 18.2 Å². The van der Waals surface area contributed by atoms with Gasteiger partial charge in [-0.05, 0) is 40.3 Å². The second-order valence-electron chi connectivity index (χ2n) is 3.16. The minimum absolute atomic E-state index is 0.215. The summed E-state index contributed by atoms with van der Waals surface area (Å²) in [5, 5.41) is 9.16. The molecule has 5 heteroatoms. The van der Waals surface area contributed by atoms with Gasteiger partial charge in [-0.2, -0.15) is 0 Å². The first-order valence-electron chi connectivity index (χ1n) is 4.58. The van der Waals surface area contributed by atoms with Gasteiger partial charge in [0.1, 0.15) is 15.8 Å². The molecule has 1 aromatic heterocycles. The zero-order chi connectivity index (χ0) is 11.5. The number of aliphatic hydroxyl groups excluding tert-OH is 1. The smallest absolute Gasteiger partial charge is 0.132 e. The molecule has 0 aliphatic heterocycles. The maximum Gasteiger partial charge on any atom is 0.132 e. The normalized spacial score (nSPS) is 10.4. The van der Waals surface area contributed by atoms with Crippen LogP contribution in [0.5, 0.6) is 0 Å². The maximum absolute atomic E-state index is 13.7. The average molecular weight is 330 g/mol. The van der Waals surface area contributed by atoms with Crippen LogP contribution in [0.1, 0.15) is 5.56 Å². The van der Waals surface area contributed by atoms with Crippen molar-refractivity contribution in [2.24, 2.45) is 0 Å². The van der Waals surface area contributed by atoms with Crippen LogP contribution in [0.2, 0.25) is 0 Å². The topological polar surface area (TPSA) is 46.0 Å². The summed E-state index contributed by atoms with van der Waals surface area (Å²) in [6.07, 6.45) is 1.38. The molecule has 0 amide bonds. The predicted molar refractivity (Wildman–Crippen MR) is 66.1 cm³/mol. The molecule has 0 fully saturated rings. The summed E-state index contributed by atoms with van der Waals surface area (Å²) < 4.78 is 14.4. The number of aliphatic hydroxyl groups is 1. The summed E-state index contributed by atoms with van der Waals surface area (Å²) in [5.74, 6) is -0.388. The van der Waals surface area contributed by atoms with Crippen LogP contribution in [0.25, 0.3) is 11.3 Å². The van der Waals surface area contributed by atoms with Gasteiger partial charge in [-0.3, -0.25) is 0 Å². The first-order valence-corrected chi connectivity index (χ1v) is 5.66. The molecule has 0 aliphatic rings. The lowest BCUT2D eigenvalue weighted by Gasteiger charge is -2.07. The van der Waals surface area contributed by atoms with Gasteiger partial charge < -0.3 is 5.11 Å². The van der Waals surface area contributed by atoms with Crippen molar-refractivity contribution in [3.05, 3.63) is 45.7 Å². The molecule has 3 nitrogen and oxygen atoms in total. The Bertz CT molecular complexity index is 519. The molecule has 0 unspecified atom stereocenters.